The summed E-state index contributed by atoms with van der Waals surface area (Å²) in [4.78, 5) is 18.3. The molecule has 6 heteroatoms. The number of hydrogen-bond acceptors (Lipinski definition) is 5. The van der Waals surface area contributed by atoms with E-state index >= 15 is 0 Å². The molecule has 0 fully saturated rings. The van der Waals surface area contributed by atoms with Crippen LogP contribution in [0.3, 0.4) is 0 Å². The molecule has 0 saturated carbocycles. The minimum Gasteiger partial charge on any atom is -0.512 e. The molecule has 3 heterocycles. The molecule has 0 spiro atoms. The Kier molecular flexibility index (Phi) is 12.8. The fourth-order valence-corrected chi connectivity index (χ4v) is 7.90. The number of fused-ring (bicyclic) bond motifs is 3. The van der Waals surface area contributed by atoms with E-state index in [1.807, 2.05) is 66.0 Å². The van der Waals surface area contributed by atoms with Crippen molar-refractivity contribution >= 4 is 48.9 Å². The van der Waals surface area contributed by atoms with Gasteiger partial charge in [-0.3, -0.25) is 9.78 Å². The largest absolute Gasteiger partial charge is 0.512 e. The quantitative estimate of drug-likeness (QED) is 0.0892. The van der Waals surface area contributed by atoms with Crippen molar-refractivity contribution in [3.8, 4) is 21.7 Å². The smallest absolute Gasteiger partial charge is 0.164 e. The second kappa shape index (κ2) is 16.2. The van der Waals surface area contributed by atoms with Gasteiger partial charge in [0.15, 0.2) is 5.78 Å². The summed E-state index contributed by atoms with van der Waals surface area (Å²) in [6.07, 6.45) is 6.69. The van der Waals surface area contributed by atoms with Gasteiger partial charge in [0.1, 0.15) is 17.1 Å². The Bertz CT molecular complexity index is 2220. The summed E-state index contributed by atoms with van der Waals surface area (Å²) in [5, 5.41) is 14.9. The summed E-state index contributed by atoms with van der Waals surface area (Å²) in [5.74, 6) is 1.22. The molecular weight excluding hydrogens is 839 g/mol. The molecular formula is C46H54IrNO3S-. The van der Waals surface area contributed by atoms with Crippen molar-refractivity contribution in [3.05, 3.63) is 102 Å². The Morgan fingerprint density at radius 2 is 1.52 bits per heavy atom. The van der Waals surface area contributed by atoms with Crippen molar-refractivity contribution in [2.24, 2.45) is 10.8 Å². The van der Waals surface area contributed by atoms with Gasteiger partial charge in [-0.1, -0.05) is 91.5 Å². The predicted octanol–water partition coefficient (Wildman–Crippen LogP) is 13.9. The SMILES string of the molecule is CCC(C)(CC)C(=O)/C=C(\O)C(C)(CC)CC.Cc1cc2cc(-c3sc4c(-c5[c-]c6ccccc6c(C(C)(C)C)c5)nccc4c3C)ccc2o1.[Ir]. The number of benzene rings is 3. The molecule has 52 heavy (non-hydrogen) atoms. The molecule has 4 nitrogen and oxygen atoms in total. The summed E-state index contributed by atoms with van der Waals surface area (Å²) in [6.45, 7) is 23.1. The van der Waals surface area contributed by atoms with Gasteiger partial charge in [0.2, 0.25) is 0 Å². The number of rotatable bonds is 9. The van der Waals surface area contributed by atoms with E-state index < -0.39 is 0 Å². The molecule has 3 aromatic carbocycles. The minimum atomic E-state index is -0.337. The minimum absolute atomic E-state index is 0. The number of aliphatic hydroxyl groups excluding tert-OH is 1. The molecule has 277 valence electrons. The number of carbonyl (C=O) groups excluding carboxylic acids is 1. The average Bonchev–Trinajstić information content (AvgIpc) is 3.67. The van der Waals surface area contributed by atoms with Gasteiger partial charge in [-0.25, -0.2) is 0 Å². The number of thiophene rings is 1. The van der Waals surface area contributed by atoms with Crippen LogP contribution in [0.15, 0.2) is 83.1 Å². The van der Waals surface area contributed by atoms with Gasteiger partial charge in [-0.05, 0) is 91.8 Å². The van der Waals surface area contributed by atoms with E-state index in [4.69, 9.17) is 9.40 Å². The first-order chi connectivity index (χ1) is 24.1. The van der Waals surface area contributed by atoms with Gasteiger partial charge in [0.25, 0.3) is 0 Å². The van der Waals surface area contributed by atoms with Crippen molar-refractivity contribution in [2.45, 2.75) is 107 Å². The van der Waals surface area contributed by atoms with E-state index in [0.717, 1.165) is 59.1 Å². The number of nitrogens with zero attached hydrogens (tertiary/aromatic N) is 1. The summed E-state index contributed by atoms with van der Waals surface area (Å²) < 4.78 is 7.00. The van der Waals surface area contributed by atoms with Crippen LogP contribution in [0.25, 0.3) is 53.5 Å². The summed E-state index contributed by atoms with van der Waals surface area (Å²) >= 11 is 1.82. The maximum atomic E-state index is 12.2. The van der Waals surface area contributed by atoms with Gasteiger partial charge in [-0.15, -0.1) is 40.5 Å². The van der Waals surface area contributed by atoms with Crippen molar-refractivity contribution in [1.29, 1.82) is 0 Å². The van der Waals surface area contributed by atoms with Gasteiger partial charge in [-0.2, -0.15) is 0 Å². The molecule has 6 rings (SSSR count). The molecule has 3 aromatic heterocycles. The summed E-state index contributed by atoms with van der Waals surface area (Å²) in [5.41, 5.74) is 6.25. The van der Waals surface area contributed by atoms with Crippen molar-refractivity contribution in [2.75, 3.05) is 0 Å². The number of carbonyl (C=O) groups is 1. The zero-order chi connectivity index (χ0) is 37.3. The molecule has 0 atom stereocenters. The molecule has 0 saturated heterocycles. The van der Waals surface area contributed by atoms with Crippen LogP contribution in [0.2, 0.25) is 0 Å². The zero-order valence-corrected chi connectivity index (χ0v) is 35.9. The third kappa shape index (κ3) is 8.15. The van der Waals surface area contributed by atoms with Gasteiger partial charge in [0.05, 0.1) is 0 Å². The molecule has 0 bridgehead atoms. The number of hydrogen-bond donors (Lipinski definition) is 1. The van der Waals surface area contributed by atoms with Crippen molar-refractivity contribution < 1.29 is 34.4 Å². The van der Waals surface area contributed by atoms with Crippen LogP contribution in [0.4, 0.5) is 0 Å². The Hall–Kier alpha value is -3.57. The molecule has 0 unspecified atom stereocenters. The summed E-state index contributed by atoms with van der Waals surface area (Å²) in [7, 11) is 0. The van der Waals surface area contributed by atoms with Crippen molar-refractivity contribution in [3.63, 3.8) is 0 Å². The first-order valence-corrected chi connectivity index (χ1v) is 19.2. The fourth-order valence-electron chi connectivity index (χ4n) is 6.59. The second-order valence-electron chi connectivity index (χ2n) is 15.5. The maximum absolute atomic E-state index is 12.2. The number of pyridine rings is 1. The molecule has 0 aliphatic carbocycles. The zero-order valence-electron chi connectivity index (χ0n) is 32.7. The second-order valence-corrected chi connectivity index (χ2v) is 16.5. The van der Waals surface area contributed by atoms with E-state index in [1.165, 1.54) is 43.1 Å². The van der Waals surface area contributed by atoms with E-state index in [2.05, 4.69) is 94.4 Å². The van der Waals surface area contributed by atoms with Crippen LogP contribution >= 0.6 is 11.3 Å². The van der Waals surface area contributed by atoms with Crippen LogP contribution in [0.5, 0.6) is 0 Å². The molecule has 0 aliphatic heterocycles. The van der Waals surface area contributed by atoms with Gasteiger partial charge < -0.3 is 9.52 Å². The fraction of sp³-hybridized carbons (Fsp3) is 0.391. The maximum Gasteiger partial charge on any atom is 0.164 e. The number of aryl methyl sites for hydroxylation is 2. The third-order valence-corrected chi connectivity index (χ3v) is 12.6. The molecule has 6 aromatic rings. The van der Waals surface area contributed by atoms with E-state index in [-0.39, 0.29) is 47.9 Å². The number of furan rings is 1. The Morgan fingerprint density at radius 1 is 0.865 bits per heavy atom. The Labute approximate surface area is 328 Å². The van der Waals surface area contributed by atoms with Crippen molar-refractivity contribution in [1.82, 2.24) is 4.98 Å². The van der Waals surface area contributed by atoms with Gasteiger partial charge in [0, 0.05) is 63.9 Å². The van der Waals surface area contributed by atoms with E-state index in [9.17, 15) is 9.90 Å². The van der Waals surface area contributed by atoms with Crippen LogP contribution < -0.4 is 0 Å². The predicted molar refractivity (Wildman–Crippen MR) is 218 cm³/mol. The topological polar surface area (TPSA) is 63.3 Å². The number of allylic oxidation sites excluding steroid dienone is 2. The van der Waals surface area contributed by atoms with Crippen LogP contribution in [0, 0.1) is 30.7 Å². The average molecular weight is 893 g/mol. The van der Waals surface area contributed by atoms with Crippen LogP contribution in [-0.4, -0.2) is 15.9 Å². The first kappa shape index (κ1) is 41.2. The number of ketones is 1. The first-order valence-electron chi connectivity index (χ1n) is 18.4. The van der Waals surface area contributed by atoms with E-state index in [1.54, 1.807) is 0 Å². The van der Waals surface area contributed by atoms with Crippen LogP contribution in [-0.2, 0) is 30.3 Å². The third-order valence-electron chi connectivity index (χ3n) is 11.2. The van der Waals surface area contributed by atoms with E-state index in [0.29, 0.717) is 0 Å². The number of aromatic nitrogens is 1. The van der Waals surface area contributed by atoms with Crippen LogP contribution in [0.1, 0.15) is 105 Å². The molecule has 0 amide bonds. The summed E-state index contributed by atoms with van der Waals surface area (Å²) in [6, 6.07) is 25.2. The molecule has 0 aliphatic rings. The normalized spacial score (nSPS) is 12.6. The Balaban J connectivity index is 0.000000289. The monoisotopic (exact) mass is 893 g/mol. The number of aliphatic hydroxyl groups is 1. The molecule has 1 radical (unpaired) electrons. The standard InChI is InChI=1S/C31H26NOS.C15H28O2.Ir/c1-18-14-22-16-21(10-11-27(22)33-18)29-19(2)24-12-13-32-28(30(24)34-29)23-15-20-8-6-7-9-25(20)26(17-23)31(3,4)5;1-7-14(5,8-2)12(16)11-13(17)15(6,9-3)10-4;/h6-14,16-17H,1-5H3;11,16H,7-10H2,1-6H3;/q-1;;/b;12-11-;. The molecule has 1 N–H and O–H groups in total. The Morgan fingerprint density at radius 3 is 2.15 bits per heavy atom. The van der Waals surface area contributed by atoms with Gasteiger partial charge >= 0.3 is 0 Å².